The van der Waals surface area contributed by atoms with Gasteiger partial charge in [0.25, 0.3) is 0 Å². The van der Waals surface area contributed by atoms with Crippen LogP contribution in [0.3, 0.4) is 0 Å². The molecule has 6 nitrogen and oxygen atoms in total. The van der Waals surface area contributed by atoms with E-state index in [0.29, 0.717) is 13.1 Å². The van der Waals surface area contributed by atoms with Crippen LogP contribution >= 0.6 is 15.9 Å². The van der Waals surface area contributed by atoms with Crippen molar-refractivity contribution in [2.75, 3.05) is 29.4 Å². The van der Waals surface area contributed by atoms with Gasteiger partial charge in [-0.15, -0.1) is 0 Å². The minimum absolute atomic E-state index is 0.0169. The van der Waals surface area contributed by atoms with Crippen LogP contribution in [0.1, 0.15) is 37.7 Å². The molecular weight excluding hydrogens is 444 g/mol. The average molecular weight is 471 g/mol. The summed E-state index contributed by atoms with van der Waals surface area (Å²) in [7, 11) is 0. The minimum Gasteiger partial charge on any atom is -0.357 e. The number of benzene rings is 1. The third-order valence-electron chi connectivity index (χ3n) is 5.82. The van der Waals surface area contributed by atoms with E-state index in [1.807, 2.05) is 42.6 Å². The molecule has 1 aromatic carbocycles. The number of pyridine rings is 1. The fourth-order valence-corrected chi connectivity index (χ4v) is 4.51. The summed E-state index contributed by atoms with van der Waals surface area (Å²) in [5.74, 6) is 0.577. The molecule has 1 unspecified atom stereocenters. The molecule has 0 saturated carbocycles. The molecule has 0 radical (unpaired) electrons. The molecule has 0 aliphatic carbocycles. The van der Waals surface area contributed by atoms with Gasteiger partial charge in [-0.3, -0.25) is 9.59 Å². The molecule has 2 aliphatic heterocycles. The molecule has 158 valence electrons. The van der Waals surface area contributed by atoms with Gasteiger partial charge in [-0.2, -0.15) is 0 Å². The molecule has 30 heavy (non-hydrogen) atoms. The lowest BCUT2D eigenvalue weighted by Gasteiger charge is -2.21. The first-order valence-corrected chi connectivity index (χ1v) is 11.4. The maximum Gasteiger partial charge on any atom is 0.227 e. The molecule has 2 saturated heterocycles. The number of nitrogens with zero attached hydrogens (tertiary/aromatic N) is 3. The first kappa shape index (κ1) is 20.8. The summed E-state index contributed by atoms with van der Waals surface area (Å²) in [4.78, 5) is 33.7. The maximum atomic E-state index is 12.6. The van der Waals surface area contributed by atoms with Crippen molar-refractivity contribution in [1.82, 2.24) is 10.3 Å². The number of anilines is 2. The van der Waals surface area contributed by atoms with Crippen LogP contribution in [0.4, 0.5) is 11.5 Å². The van der Waals surface area contributed by atoms with Crippen molar-refractivity contribution in [3.05, 3.63) is 52.6 Å². The standard InChI is InChI=1S/C23H27BrN4O2/c24-19-6-5-7-20(13-19)28-16-18(12-22(28)29)23(30)26-15-17-8-9-21(25-14-17)27-10-3-1-2-4-11-27/h5-9,13-14,18H,1-4,10-12,15-16H2,(H,26,30). The number of halogens is 1. The summed E-state index contributed by atoms with van der Waals surface area (Å²) < 4.78 is 0.914. The highest BCUT2D eigenvalue weighted by Crippen LogP contribution is 2.27. The maximum absolute atomic E-state index is 12.6. The van der Waals surface area contributed by atoms with Crippen molar-refractivity contribution >= 4 is 39.2 Å². The van der Waals surface area contributed by atoms with Gasteiger partial charge in [0.1, 0.15) is 5.82 Å². The quantitative estimate of drug-likeness (QED) is 0.719. The van der Waals surface area contributed by atoms with E-state index in [1.54, 1.807) is 4.90 Å². The second-order valence-corrected chi connectivity index (χ2v) is 8.94. The molecule has 2 aliphatic rings. The van der Waals surface area contributed by atoms with E-state index >= 15 is 0 Å². The Balaban J connectivity index is 1.31. The number of rotatable bonds is 5. The van der Waals surface area contributed by atoms with Crippen molar-refractivity contribution in [2.45, 2.75) is 38.6 Å². The lowest BCUT2D eigenvalue weighted by atomic mass is 10.1. The van der Waals surface area contributed by atoms with Crippen LogP contribution in [0.15, 0.2) is 47.1 Å². The fourth-order valence-electron chi connectivity index (χ4n) is 4.12. The summed E-state index contributed by atoms with van der Waals surface area (Å²) in [5.41, 5.74) is 1.79. The predicted molar refractivity (Wildman–Crippen MR) is 121 cm³/mol. The monoisotopic (exact) mass is 470 g/mol. The lowest BCUT2D eigenvalue weighted by molar-refractivity contribution is -0.126. The van der Waals surface area contributed by atoms with Gasteiger partial charge in [0.15, 0.2) is 0 Å². The van der Waals surface area contributed by atoms with Crippen molar-refractivity contribution in [3.63, 3.8) is 0 Å². The van der Waals surface area contributed by atoms with E-state index in [9.17, 15) is 9.59 Å². The lowest BCUT2D eigenvalue weighted by Crippen LogP contribution is -2.32. The normalized spacial score (nSPS) is 19.6. The molecule has 0 bridgehead atoms. The SMILES string of the molecule is O=C(NCc1ccc(N2CCCCCC2)nc1)C1CC(=O)N(c2cccc(Br)c2)C1. The van der Waals surface area contributed by atoms with E-state index < -0.39 is 0 Å². The van der Waals surface area contributed by atoms with E-state index in [0.717, 1.165) is 34.6 Å². The van der Waals surface area contributed by atoms with Gasteiger partial charge < -0.3 is 15.1 Å². The first-order chi connectivity index (χ1) is 14.6. The van der Waals surface area contributed by atoms with Gasteiger partial charge in [0.05, 0.1) is 5.92 Å². The average Bonchev–Trinajstić information content (AvgIpc) is 2.96. The number of nitrogens with one attached hydrogen (secondary N) is 1. The number of amides is 2. The third kappa shape index (κ3) is 5.01. The Hall–Kier alpha value is -2.41. The zero-order valence-corrected chi connectivity index (χ0v) is 18.6. The molecule has 1 aromatic heterocycles. The second-order valence-electron chi connectivity index (χ2n) is 8.03. The van der Waals surface area contributed by atoms with Crippen molar-refractivity contribution in [1.29, 1.82) is 0 Å². The van der Waals surface area contributed by atoms with Crippen LogP contribution in [0.5, 0.6) is 0 Å². The van der Waals surface area contributed by atoms with Gasteiger partial charge in [-0.25, -0.2) is 4.98 Å². The van der Waals surface area contributed by atoms with Crippen molar-refractivity contribution in [3.8, 4) is 0 Å². The van der Waals surface area contributed by atoms with Gasteiger partial charge in [-0.1, -0.05) is 40.9 Å². The number of carbonyl (C=O) groups is 2. The van der Waals surface area contributed by atoms with E-state index in [4.69, 9.17) is 0 Å². The molecule has 0 spiro atoms. The van der Waals surface area contributed by atoms with E-state index in [1.165, 1.54) is 25.7 Å². The van der Waals surface area contributed by atoms with Crippen LogP contribution in [0.25, 0.3) is 0 Å². The highest BCUT2D eigenvalue weighted by Gasteiger charge is 2.35. The Morgan fingerprint density at radius 1 is 1.13 bits per heavy atom. The van der Waals surface area contributed by atoms with Crippen LogP contribution in [-0.4, -0.2) is 36.4 Å². The number of carbonyl (C=O) groups excluding carboxylic acids is 2. The fraction of sp³-hybridized carbons (Fsp3) is 0.435. The minimum atomic E-state index is -0.333. The topological polar surface area (TPSA) is 65.5 Å². The van der Waals surface area contributed by atoms with Crippen LogP contribution in [0.2, 0.25) is 0 Å². The molecule has 2 aromatic rings. The summed E-state index contributed by atoms with van der Waals surface area (Å²) in [6.07, 6.45) is 7.11. The Bertz CT molecular complexity index is 894. The molecule has 7 heteroatoms. The molecule has 1 N–H and O–H groups in total. The number of hydrogen-bond acceptors (Lipinski definition) is 4. The van der Waals surface area contributed by atoms with Crippen molar-refractivity contribution < 1.29 is 9.59 Å². The van der Waals surface area contributed by atoms with Gasteiger partial charge >= 0.3 is 0 Å². The summed E-state index contributed by atoms with van der Waals surface area (Å²) in [5, 5.41) is 2.97. The third-order valence-corrected chi connectivity index (χ3v) is 6.31. The summed E-state index contributed by atoms with van der Waals surface area (Å²) >= 11 is 3.43. The van der Waals surface area contributed by atoms with Crippen LogP contribution < -0.4 is 15.1 Å². The largest absolute Gasteiger partial charge is 0.357 e. The zero-order valence-electron chi connectivity index (χ0n) is 17.0. The Morgan fingerprint density at radius 3 is 2.63 bits per heavy atom. The smallest absolute Gasteiger partial charge is 0.227 e. The Labute approximate surface area is 185 Å². The molecule has 2 fully saturated rings. The molecule has 4 rings (SSSR count). The molecular formula is C23H27BrN4O2. The van der Waals surface area contributed by atoms with E-state index in [-0.39, 0.29) is 24.2 Å². The Morgan fingerprint density at radius 2 is 1.93 bits per heavy atom. The van der Waals surface area contributed by atoms with Crippen LogP contribution in [-0.2, 0) is 16.1 Å². The molecule has 3 heterocycles. The van der Waals surface area contributed by atoms with Gasteiger partial charge in [0.2, 0.25) is 11.8 Å². The summed E-state index contributed by atoms with van der Waals surface area (Å²) in [6.45, 7) is 2.96. The van der Waals surface area contributed by atoms with Crippen LogP contribution in [0, 0.1) is 5.92 Å². The Kier molecular flexibility index (Phi) is 6.67. The highest BCUT2D eigenvalue weighted by atomic mass is 79.9. The highest BCUT2D eigenvalue weighted by molar-refractivity contribution is 9.10. The van der Waals surface area contributed by atoms with Crippen molar-refractivity contribution in [2.24, 2.45) is 5.92 Å². The predicted octanol–water partition coefficient (Wildman–Crippen LogP) is 3.89. The van der Waals surface area contributed by atoms with Gasteiger partial charge in [0, 0.05) is 49.0 Å². The van der Waals surface area contributed by atoms with Gasteiger partial charge in [-0.05, 0) is 42.7 Å². The van der Waals surface area contributed by atoms with E-state index in [2.05, 4.69) is 31.1 Å². The molecule has 1 atom stereocenters. The zero-order chi connectivity index (χ0) is 20.9. The number of aromatic nitrogens is 1. The number of hydrogen-bond donors (Lipinski definition) is 1. The second kappa shape index (κ2) is 9.60. The first-order valence-electron chi connectivity index (χ1n) is 10.6. The molecule has 2 amide bonds. The summed E-state index contributed by atoms with van der Waals surface area (Å²) in [6, 6.07) is 11.7.